The molecule has 7 nitrogen and oxygen atoms in total. The lowest BCUT2D eigenvalue weighted by molar-refractivity contribution is -0.161. The van der Waals surface area contributed by atoms with Crippen LogP contribution in [0.4, 0.5) is 0 Å². The molecule has 1 aromatic carbocycles. The third-order valence-corrected chi connectivity index (χ3v) is 4.82. The van der Waals surface area contributed by atoms with Crippen LogP contribution in [0, 0.1) is 5.92 Å². The van der Waals surface area contributed by atoms with Crippen LogP contribution in [0.25, 0.3) is 5.57 Å². The minimum Gasteiger partial charge on any atom is -0.477 e. The van der Waals surface area contributed by atoms with Gasteiger partial charge in [-0.2, -0.15) is 0 Å². The van der Waals surface area contributed by atoms with E-state index in [-0.39, 0.29) is 29.6 Å². The Morgan fingerprint density at radius 2 is 1.96 bits per heavy atom. The topological polar surface area (TPSA) is 107 Å². The molecule has 2 amide bonds. The number of aliphatic hydroxyl groups is 1. The molecule has 0 aromatic heterocycles. The van der Waals surface area contributed by atoms with E-state index in [0.29, 0.717) is 23.1 Å². The minimum absolute atomic E-state index is 0.0159. The zero-order valence-electron chi connectivity index (χ0n) is 14.9. The van der Waals surface area contributed by atoms with Gasteiger partial charge in [-0.25, -0.2) is 4.79 Å². The standard InChI is InChI=1S/C19H22N2O5/c1-9(2)20-17(23)12-6-4-5-11(7-12)13-8-14-15(10(3)22)18(24)21(14)16(13)19(25)26/h4-7,9-10,14-15,22H,8H2,1-3H3,(H,20,23)(H,25,26)/t10-,14-,15-/m1/s1. The minimum atomic E-state index is -1.18. The Labute approximate surface area is 151 Å². The van der Waals surface area contributed by atoms with Crippen molar-refractivity contribution in [2.24, 2.45) is 5.92 Å². The summed E-state index contributed by atoms with van der Waals surface area (Å²) in [4.78, 5) is 37.5. The van der Waals surface area contributed by atoms with Gasteiger partial charge in [-0.3, -0.25) is 9.59 Å². The molecule has 2 aliphatic rings. The molecule has 1 saturated heterocycles. The number of hydrogen-bond acceptors (Lipinski definition) is 4. The fourth-order valence-corrected chi connectivity index (χ4v) is 3.72. The summed E-state index contributed by atoms with van der Waals surface area (Å²) in [5.74, 6) is -2.38. The van der Waals surface area contributed by atoms with Crippen molar-refractivity contribution < 1.29 is 24.6 Å². The van der Waals surface area contributed by atoms with Crippen molar-refractivity contribution in [1.82, 2.24) is 10.2 Å². The molecule has 2 aliphatic heterocycles. The number of rotatable bonds is 5. The molecule has 1 fully saturated rings. The Bertz CT molecular complexity index is 812. The number of carbonyl (C=O) groups is 3. The first kappa shape index (κ1) is 18.1. The van der Waals surface area contributed by atoms with Gasteiger partial charge in [0.05, 0.1) is 18.1 Å². The fourth-order valence-electron chi connectivity index (χ4n) is 3.72. The second-order valence-electron chi connectivity index (χ2n) is 7.09. The second-order valence-corrected chi connectivity index (χ2v) is 7.09. The Balaban J connectivity index is 1.97. The highest BCUT2D eigenvalue weighted by Crippen LogP contribution is 2.46. The Hall–Kier alpha value is -2.67. The van der Waals surface area contributed by atoms with Gasteiger partial charge in [0.25, 0.3) is 5.91 Å². The van der Waals surface area contributed by atoms with Gasteiger partial charge in [-0.1, -0.05) is 12.1 Å². The normalized spacial score (nSPS) is 23.0. The van der Waals surface area contributed by atoms with Crippen molar-refractivity contribution in [3.8, 4) is 0 Å². The van der Waals surface area contributed by atoms with Crippen LogP contribution in [0.3, 0.4) is 0 Å². The van der Waals surface area contributed by atoms with E-state index in [4.69, 9.17) is 0 Å². The number of hydrogen-bond donors (Lipinski definition) is 3. The largest absolute Gasteiger partial charge is 0.477 e. The van der Waals surface area contributed by atoms with Crippen molar-refractivity contribution in [2.75, 3.05) is 0 Å². The molecule has 0 bridgehead atoms. The molecule has 7 heteroatoms. The van der Waals surface area contributed by atoms with Crippen LogP contribution in [0.15, 0.2) is 30.0 Å². The number of nitrogens with one attached hydrogen (secondary N) is 1. The molecule has 26 heavy (non-hydrogen) atoms. The average molecular weight is 358 g/mol. The van der Waals surface area contributed by atoms with Crippen LogP contribution in [0.1, 0.15) is 43.1 Å². The van der Waals surface area contributed by atoms with E-state index in [9.17, 15) is 24.6 Å². The van der Waals surface area contributed by atoms with E-state index >= 15 is 0 Å². The molecular formula is C19H22N2O5. The maximum absolute atomic E-state index is 12.3. The summed E-state index contributed by atoms with van der Waals surface area (Å²) >= 11 is 0. The van der Waals surface area contributed by atoms with Gasteiger partial charge in [0.15, 0.2) is 0 Å². The summed E-state index contributed by atoms with van der Waals surface area (Å²) in [6, 6.07) is 6.37. The Morgan fingerprint density at radius 1 is 1.27 bits per heavy atom. The highest BCUT2D eigenvalue weighted by Gasteiger charge is 2.56. The molecule has 0 unspecified atom stereocenters. The number of benzene rings is 1. The third kappa shape index (κ3) is 2.88. The lowest BCUT2D eigenvalue weighted by Crippen LogP contribution is -2.61. The quantitative estimate of drug-likeness (QED) is 0.687. The lowest BCUT2D eigenvalue weighted by Gasteiger charge is -2.44. The number of aliphatic hydroxyl groups excluding tert-OH is 1. The molecule has 3 atom stereocenters. The molecule has 0 spiro atoms. The Kier molecular flexibility index (Phi) is 4.58. The third-order valence-electron chi connectivity index (χ3n) is 4.82. The lowest BCUT2D eigenvalue weighted by atomic mass is 9.82. The van der Waals surface area contributed by atoms with E-state index in [1.165, 1.54) is 11.8 Å². The molecule has 3 N–H and O–H groups in total. The van der Waals surface area contributed by atoms with Crippen LogP contribution < -0.4 is 5.32 Å². The van der Waals surface area contributed by atoms with Gasteiger partial charge in [-0.15, -0.1) is 0 Å². The summed E-state index contributed by atoms with van der Waals surface area (Å²) < 4.78 is 0. The van der Waals surface area contributed by atoms with Gasteiger partial charge in [0.1, 0.15) is 5.70 Å². The first-order valence-electron chi connectivity index (χ1n) is 8.61. The molecule has 2 heterocycles. The predicted octanol–water partition coefficient (Wildman–Crippen LogP) is 1.23. The molecule has 3 rings (SSSR count). The molecular weight excluding hydrogens is 336 g/mol. The fraction of sp³-hybridized carbons (Fsp3) is 0.421. The zero-order valence-corrected chi connectivity index (χ0v) is 14.9. The summed E-state index contributed by atoms with van der Waals surface area (Å²) in [7, 11) is 0. The maximum Gasteiger partial charge on any atom is 0.352 e. The molecule has 1 aromatic rings. The number of carbonyl (C=O) groups excluding carboxylic acids is 2. The monoisotopic (exact) mass is 358 g/mol. The van der Waals surface area contributed by atoms with Crippen molar-refractivity contribution in [2.45, 2.75) is 45.4 Å². The number of nitrogens with zero attached hydrogens (tertiary/aromatic N) is 1. The van der Waals surface area contributed by atoms with E-state index < -0.39 is 18.0 Å². The number of carboxylic acids is 1. The van der Waals surface area contributed by atoms with Gasteiger partial charge in [0.2, 0.25) is 5.91 Å². The first-order valence-corrected chi connectivity index (χ1v) is 8.61. The van der Waals surface area contributed by atoms with E-state index in [1.807, 2.05) is 13.8 Å². The number of carboxylic acid groups (broad SMARTS) is 1. The van der Waals surface area contributed by atoms with Crippen LogP contribution >= 0.6 is 0 Å². The summed E-state index contributed by atoms with van der Waals surface area (Å²) in [6.45, 7) is 5.25. The number of amides is 2. The predicted molar refractivity (Wildman–Crippen MR) is 94.0 cm³/mol. The van der Waals surface area contributed by atoms with Gasteiger partial charge in [0, 0.05) is 11.6 Å². The van der Waals surface area contributed by atoms with Gasteiger partial charge < -0.3 is 20.4 Å². The smallest absolute Gasteiger partial charge is 0.352 e. The molecule has 0 saturated carbocycles. The summed E-state index contributed by atoms with van der Waals surface area (Å²) in [6.07, 6.45) is -0.487. The molecule has 138 valence electrons. The zero-order chi connectivity index (χ0) is 19.2. The van der Waals surface area contributed by atoms with Gasteiger partial charge >= 0.3 is 5.97 Å². The van der Waals surface area contributed by atoms with Crippen LogP contribution in [0.2, 0.25) is 0 Å². The first-order chi connectivity index (χ1) is 12.2. The number of β-lactam (4-membered cyclic amide) rings is 1. The second kappa shape index (κ2) is 6.57. The van der Waals surface area contributed by atoms with Gasteiger partial charge in [-0.05, 0) is 50.5 Å². The van der Waals surface area contributed by atoms with Crippen molar-refractivity contribution in [3.63, 3.8) is 0 Å². The highest BCUT2D eigenvalue weighted by molar-refractivity contribution is 6.06. The van der Waals surface area contributed by atoms with E-state index in [1.54, 1.807) is 24.3 Å². The summed E-state index contributed by atoms with van der Waals surface area (Å²) in [5, 5.41) is 22.2. The highest BCUT2D eigenvalue weighted by atomic mass is 16.4. The average Bonchev–Trinajstić information content (AvgIpc) is 2.89. The molecule has 0 aliphatic carbocycles. The van der Waals surface area contributed by atoms with Crippen LogP contribution in [-0.4, -0.2) is 51.1 Å². The van der Waals surface area contributed by atoms with Crippen molar-refractivity contribution >= 4 is 23.4 Å². The van der Waals surface area contributed by atoms with Crippen LogP contribution in [-0.2, 0) is 9.59 Å². The van der Waals surface area contributed by atoms with Crippen LogP contribution in [0.5, 0.6) is 0 Å². The summed E-state index contributed by atoms with van der Waals surface area (Å²) in [5.41, 5.74) is 1.49. The molecule has 0 radical (unpaired) electrons. The van der Waals surface area contributed by atoms with Crippen molar-refractivity contribution in [1.29, 1.82) is 0 Å². The van der Waals surface area contributed by atoms with E-state index in [0.717, 1.165) is 0 Å². The van der Waals surface area contributed by atoms with E-state index in [2.05, 4.69) is 5.32 Å². The Morgan fingerprint density at radius 3 is 2.54 bits per heavy atom. The number of aliphatic carboxylic acids is 1. The SMILES string of the molecule is CC(C)NC(=O)c1cccc(C2=C(C(=O)O)N3C(=O)[C@H]([C@@H](C)O)[C@H]3C2)c1. The van der Waals surface area contributed by atoms with Crippen molar-refractivity contribution in [3.05, 3.63) is 41.1 Å². The maximum atomic E-state index is 12.3. The number of fused-ring (bicyclic) bond motifs is 1.